The van der Waals surface area contributed by atoms with Crippen LogP contribution in [-0.2, 0) is 0 Å². The molecule has 0 aliphatic carbocycles. The summed E-state index contributed by atoms with van der Waals surface area (Å²) in [5.41, 5.74) is 0.636. The van der Waals surface area contributed by atoms with E-state index in [0.717, 1.165) is 19.4 Å². The van der Waals surface area contributed by atoms with Gasteiger partial charge in [-0.05, 0) is 51.3 Å². The lowest BCUT2D eigenvalue weighted by atomic mass is 10.0. The van der Waals surface area contributed by atoms with Crippen LogP contribution >= 0.6 is 0 Å². The summed E-state index contributed by atoms with van der Waals surface area (Å²) in [6.07, 6.45) is 2.08. The normalized spacial score (nSPS) is 14.3. The Balaban J connectivity index is 2.87. The third-order valence-corrected chi connectivity index (χ3v) is 3.28. The third-order valence-electron chi connectivity index (χ3n) is 3.28. The van der Waals surface area contributed by atoms with Crippen LogP contribution in [0.5, 0.6) is 5.75 Å². The van der Waals surface area contributed by atoms with Crippen molar-refractivity contribution in [3.05, 3.63) is 29.6 Å². The molecule has 0 fully saturated rings. The Morgan fingerprint density at radius 2 is 1.90 bits per heavy atom. The predicted octanol–water partition coefficient (Wildman–Crippen LogP) is 4.70. The van der Waals surface area contributed by atoms with Crippen LogP contribution in [0.4, 0.5) is 4.39 Å². The topological polar surface area (TPSA) is 21.3 Å². The van der Waals surface area contributed by atoms with Crippen molar-refractivity contribution < 1.29 is 9.13 Å². The van der Waals surface area contributed by atoms with Crippen molar-refractivity contribution in [2.75, 3.05) is 6.54 Å². The van der Waals surface area contributed by atoms with Crippen LogP contribution in [0.1, 0.15) is 59.1 Å². The summed E-state index contributed by atoms with van der Waals surface area (Å²) >= 11 is 0. The minimum atomic E-state index is -0.199. The van der Waals surface area contributed by atoms with Crippen LogP contribution < -0.4 is 10.1 Å². The maximum atomic E-state index is 14.1. The second-order valence-corrected chi connectivity index (χ2v) is 5.89. The molecule has 2 unspecified atom stereocenters. The van der Waals surface area contributed by atoms with Gasteiger partial charge in [0.1, 0.15) is 11.6 Å². The van der Waals surface area contributed by atoms with Crippen molar-refractivity contribution in [1.29, 1.82) is 0 Å². The quantitative estimate of drug-likeness (QED) is 0.745. The van der Waals surface area contributed by atoms with Crippen LogP contribution in [0.15, 0.2) is 18.2 Å². The second-order valence-electron chi connectivity index (χ2n) is 5.89. The smallest absolute Gasteiger partial charge is 0.131 e. The average Bonchev–Trinajstić information content (AvgIpc) is 2.35. The molecule has 2 nitrogen and oxygen atoms in total. The third kappa shape index (κ3) is 5.12. The van der Waals surface area contributed by atoms with Gasteiger partial charge in [-0.2, -0.15) is 0 Å². The summed E-state index contributed by atoms with van der Waals surface area (Å²) in [6, 6.07) is 5.03. The Hall–Kier alpha value is -1.09. The Morgan fingerprint density at radius 3 is 2.50 bits per heavy atom. The van der Waals surface area contributed by atoms with E-state index >= 15 is 0 Å². The zero-order valence-corrected chi connectivity index (χ0v) is 13.4. The highest BCUT2D eigenvalue weighted by molar-refractivity contribution is 5.37. The van der Waals surface area contributed by atoms with E-state index in [0.29, 0.717) is 17.2 Å². The first-order chi connectivity index (χ1) is 9.45. The van der Waals surface area contributed by atoms with E-state index in [4.69, 9.17) is 4.74 Å². The van der Waals surface area contributed by atoms with E-state index < -0.39 is 0 Å². The molecular weight excluding hydrogens is 253 g/mol. The summed E-state index contributed by atoms with van der Waals surface area (Å²) in [4.78, 5) is 0. The van der Waals surface area contributed by atoms with Crippen LogP contribution in [0, 0.1) is 11.7 Å². The van der Waals surface area contributed by atoms with E-state index in [1.54, 1.807) is 6.07 Å². The molecule has 20 heavy (non-hydrogen) atoms. The Kier molecular flexibility index (Phi) is 7.00. The number of nitrogens with one attached hydrogen (secondary N) is 1. The molecular formula is C17H28FNO. The number of hydrogen-bond acceptors (Lipinski definition) is 2. The van der Waals surface area contributed by atoms with Gasteiger partial charge in [0.2, 0.25) is 0 Å². The van der Waals surface area contributed by atoms with Gasteiger partial charge in [-0.1, -0.05) is 26.8 Å². The first-order valence-electron chi connectivity index (χ1n) is 7.64. The largest absolute Gasteiger partial charge is 0.490 e. The van der Waals surface area contributed by atoms with Gasteiger partial charge in [-0.3, -0.25) is 0 Å². The van der Waals surface area contributed by atoms with Crippen molar-refractivity contribution in [2.24, 2.45) is 5.92 Å². The van der Waals surface area contributed by atoms with E-state index in [2.05, 4.69) is 26.1 Å². The molecule has 1 N–H and O–H groups in total. The van der Waals surface area contributed by atoms with Gasteiger partial charge in [0.15, 0.2) is 0 Å². The molecule has 0 saturated heterocycles. The van der Waals surface area contributed by atoms with Gasteiger partial charge < -0.3 is 10.1 Å². The molecule has 0 bridgehead atoms. The lowest BCUT2D eigenvalue weighted by molar-refractivity contribution is 0.189. The van der Waals surface area contributed by atoms with Crippen molar-refractivity contribution >= 4 is 0 Å². The summed E-state index contributed by atoms with van der Waals surface area (Å²) in [5.74, 6) is 1.03. The van der Waals surface area contributed by atoms with Gasteiger partial charge in [0.25, 0.3) is 0 Å². The molecule has 1 rings (SSSR count). The first-order valence-corrected chi connectivity index (χ1v) is 7.64. The highest BCUT2D eigenvalue weighted by Crippen LogP contribution is 2.29. The van der Waals surface area contributed by atoms with Gasteiger partial charge in [0.05, 0.1) is 6.10 Å². The molecule has 0 amide bonds. The average molecular weight is 281 g/mol. The summed E-state index contributed by atoms with van der Waals surface area (Å²) in [5, 5.41) is 3.32. The van der Waals surface area contributed by atoms with E-state index in [-0.39, 0.29) is 18.0 Å². The maximum Gasteiger partial charge on any atom is 0.131 e. The molecule has 0 saturated carbocycles. The minimum absolute atomic E-state index is 0.0441. The summed E-state index contributed by atoms with van der Waals surface area (Å²) < 4.78 is 20.1. The Morgan fingerprint density at radius 1 is 1.20 bits per heavy atom. The lowest BCUT2D eigenvalue weighted by Gasteiger charge is -2.22. The number of ether oxygens (including phenoxy) is 1. The fourth-order valence-electron chi connectivity index (χ4n) is 2.43. The molecule has 114 valence electrons. The Bertz CT molecular complexity index is 406. The van der Waals surface area contributed by atoms with Gasteiger partial charge in [0, 0.05) is 11.6 Å². The second kappa shape index (κ2) is 8.25. The monoisotopic (exact) mass is 281 g/mol. The molecule has 1 aromatic rings. The van der Waals surface area contributed by atoms with Gasteiger partial charge in [-0.25, -0.2) is 4.39 Å². The van der Waals surface area contributed by atoms with E-state index in [1.807, 2.05) is 19.9 Å². The van der Waals surface area contributed by atoms with Crippen molar-refractivity contribution in [2.45, 2.75) is 59.6 Å². The number of benzene rings is 1. The van der Waals surface area contributed by atoms with Gasteiger partial charge >= 0.3 is 0 Å². The van der Waals surface area contributed by atoms with Crippen LogP contribution in [0.2, 0.25) is 0 Å². The van der Waals surface area contributed by atoms with Gasteiger partial charge in [-0.15, -0.1) is 0 Å². The fraction of sp³-hybridized carbons (Fsp3) is 0.647. The molecule has 0 radical (unpaired) electrons. The first kappa shape index (κ1) is 17.0. The molecule has 0 aliphatic rings. The Labute approximate surface area is 122 Å². The SMILES string of the molecule is CCCNC(C)c1c(F)cccc1OC(C)CC(C)C. The minimum Gasteiger partial charge on any atom is -0.490 e. The zero-order valence-electron chi connectivity index (χ0n) is 13.4. The van der Waals surface area contributed by atoms with Crippen LogP contribution in [-0.4, -0.2) is 12.6 Å². The molecule has 0 aromatic heterocycles. The number of rotatable bonds is 8. The van der Waals surface area contributed by atoms with E-state index in [9.17, 15) is 4.39 Å². The van der Waals surface area contributed by atoms with Crippen molar-refractivity contribution in [3.8, 4) is 5.75 Å². The predicted molar refractivity (Wildman–Crippen MR) is 82.7 cm³/mol. The molecule has 2 atom stereocenters. The number of hydrogen-bond donors (Lipinski definition) is 1. The zero-order chi connectivity index (χ0) is 15.1. The summed E-state index contributed by atoms with van der Waals surface area (Å²) in [6.45, 7) is 11.3. The van der Waals surface area contributed by atoms with Crippen molar-refractivity contribution in [1.82, 2.24) is 5.32 Å². The molecule has 1 aromatic carbocycles. The summed E-state index contributed by atoms with van der Waals surface area (Å²) in [7, 11) is 0. The van der Waals surface area contributed by atoms with E-state index in [1.165, 1.54) is 6.07 Å². The van der Waals surface area contributed by atoms with Crippen LogP contribution in [0.3, 0.4) is 0 Å². The molecule has 0 aliphatic heterocycles. The molecule has 0 spiro atoms. The standard InChI is InChI=1S/C17H28FNO/c1-6-10-19-14(5)17-15(18)8-7-9-16(17)20-13(4)11-12(2)3/h7-9,12-14,19H,6,10-11H2,1-5H3. The highest BCUT2D eigenvalue weighted by Gasteiger charge is 2.18. The van der Waals surface area contributed by atoms with Crippen molar-refractivity contribution in [3.63, 3.8) is 0 Å². The van der Waals surface area contributed by atoms with Crippen LogP contribution in [0.25, 0.3) is 0 Å². The molecule has 0 heterocycles. The lowest BCUT2D eigenvalue weighted by Crippen LogP contribution is -2.22. The molecule has 3 heteroatoms. The highest BCUT2D eigenvalue weighted by atomic mass is 19.1. The fourth-order valence-corrected chi connectivity index (χ4v) is 2.43. The number of halogens is 1. The maximum absolute atomic E-state index is 14.1.